The fourth-order valence-corrected chi connectivity index (χ4v) is 3.26. The number of carbonyl (C=O) groups excluding carboxylic acids is 1. The van der Waals surface area contributed by atoms with Crippen LogP contribution in [0.2, 0.25) is 10.0 Å². The summed E-state index contributed by atoms with van der Waals surface area (Å²) < 4.78 is 11.3. The Hall–Kier alpha value is -1.98. The van der Waals surface area contributed by atoms with Crippen LogP contribution in [0.15, 0.2) is 36.7 Å². The molecule has 7 heteroatoms. The second kappa shape index (κ2) is 8.18. The second-order valence-electron chi connectivity index (χ2n) is 8.21. The van der Waals surface area contributed by atoms with Gasteiger partial charge in [-0.3, -0.25) is 4.98 Å². The van der Waals surface area contributed by atoms with E-state index in [-0.39, 0.29) is 5.41 Å². The van der Waals surface area contributed by atoms with Gasteiger partial charge in [0.2, 0.25) is 0 Å². The van der Waals surface area contributed by atoms with Gasteiger partial charge in [0.1, 0.15) is 11.4 Å². The lowest BCUT2D eigenvalue weighted by molar-refractivity contribution is 0.0509. The largest absolute Gasteiger partial charge is 0.491 e. The van der Waals surface area contributed by atoms with Crippen LogP contribution in [0, 0.1) is 5.41 Å². The Balaban J connectivity index is 1.58. The third-order valence-electron chi connectivity index (χ3n) is 4.42. The second-order valence-corrected chi connectivity index (χ2v) is 9.08. The van der Waals surface area contributed by atoms with Crippen LogP contribution in [-0.4, -0.2) is 29.8 Å². The Morgan fingerprint density at radius 1 is 1.11 bits per heavy atom. The third kappa shape index (κ3) is 6.01. The molecule has 0 aliphatic heterocycles. The van der Waals surface area contributed by atoms with Crippen molar-refractivity contribution in [3.63, 3.8) is 0 Å². The van der Waals surface area contributed by atoms with Gasteiger partial charge >= 0.3 is 6.09 Å². The van der Waals surface area contributed by atoms with Crippen LogP contribution in [0.25, 0.3) is 11.1 Å². The van der Waals surface area contributed by atoms with E-state index in [9.17, 15) is 4.79 Å². The molecule has 1 aliphatic carbocycles. The van der Waals surface area contributed by atoms with Gasteiger partial charge in [-0.15, -0.1) is 0 Å². The highest BCUT2D eigenvalue weighted by Crippen LogP contribution is 2.45. The van der Waals surface area contributed by atoms with E-state index < -0.39 is 11.7 Å². The molecule has 1 aromatic carbocycles. The standard InChI is InChI=1S/C21H24Cl2N2O3/c1-20(2,3)28-19(26)25-12-21(4-5-21)13-27-18-8-15(10-24-11-18)14-6-16(22)9-17(23)7-14/h6-11H,4-5,12-13H2,1-3H3,(H,25,26). The molecule has 5 nitrogen and oxygen atoms in total. The average molecular weight is 423 g/mol. The molecule has 0 spiro atoms. The first-order valence-electron chi connectivity index (χ1n) is 9.15. The number of nitrogens with one attached hydrogen (secondary N) is 1. The van der Waals surface area contributed by atoms with Crippen molar-refractivity contribution in [3.05, 3.63) is 46.7 Å². The van der Waals surface area contributed by atoms with Crippen molar-refractivity contribution < 1.29 is 14.3 Å². The number of nitrogens with zero attached hydrogens (tertiary/aromatic N) is 1. The first-order chi connectivity index (χ1) is 13.1. The maximum absolute atomic E-state index is 11.9. The minimum absolute atomic E-state index is 0.0493. The van der Waals surface area contributed by atoms with Crippen molar-refractivity contribution in [2.75, 3.05) is 13.2 Å². The quantitative estimate of drug-likeness (QED) is 0.644. The lowest BCUT2D eigenvalue weighted by atomic mass is 10.1. The zero-order valence-electron chi connectivity index (χ0n) is 16.2. The number of ether oxygens (including phenoxy) is 2. The highest BCUT2D eigenvalue weighted by Gasteiger charge is 2.44. The Bertz CT molecular complexity index is 841. The van der Waals surface area contributed by atoms with Crippen LogP contribution in [0.3, 0.4) is 0 Å². The summed E-state index contributed by atoms with van der Waals surface area (Å²) in [6, 6.07) is 7.27. The Kier molecular flexibility index (Phi) is 6.06. The normalized spacial score (nSPS) is 15.0. The lowest BCUT2D eigenvalue weighted by Gasteiger charge is -2.22. The Morgan fingerprint density at radius 3 is 2.39 bits per heavy atom. The van der Waals surface area contributed by atoms with Gasteiger partial charge in [-0.05, 0) is 63.4 Å². The van der Waals surface area contributed by atoms with Gasteiger partial charge in [0.15, 0.2) is 0 Å². The van der Waals surface area contributed by atoms with Crippen molar-refractivity contribution in [2.45, 2.75) is 39.2 Å². The molecule has 1 amide bonds. The van der Waals surface area contributed by atoms with E-state index in [4.69, 9.17) is 32.7 Å². The van der Waals surface area contributed by atoms with E-state index >= 15 is 0 Å². The number of amides is 1. The van der Waals surface area contributed by atoms with Crippen molar-refractivity contribution in [2.24, 2.45) is 5.41 Å². The molecular formula is C21H24Cl2N2O3. The number of halogens is 2. The first kappa shape index (κ1) is 20.7. The number of pyridine rings is 1. The summed E-state index contributed by atoms with van der Waals surface area (Å²) in [6.07, 6.45) is 5.01. The molecule has 1 fully saturated rings. The van der Waals surface area contributed by atoms with Crippen LogP contribution >= 0.6 is 23.2 Å². The summed E-state index contributed by atoms with van der Waals surface area (Å²) in [5.74, 6) is 0.664. The van der Waals surface area contributed by atoms with Crippen LogP contribution in [0.4, 0.5) is 4.79 Å². The van der Waals surface area contributed by atoms with E-state index in [2.05, 4.69) is 10.3 Å². The van der Waals surface area contributed by atoms with Crippen LogP contribution in [-0.2, 0) is 4.74 Å². The van der Waals surface area contributed by atoms with Crippen LogP contribution in [0.1, 0.15) is 33.6 Å². The molecule has 1 heterocycles. The topological polar surface area (TPSA) is 60.5 Å². The molecule has 0 atom stereocenters. The predicted molar refractivity (Wildman–Crippen MR) is 111 cm³/mol. The summed E-state index contributed by atoms with van der Waals surface area (Å²) in [5.41, 5.74) is 1.20. The number of aromatic nitrogens is 1. The van der Waals surface area contributed by atoms with Crippen molar-refractivity contribution in [1.82, 2.24) is 10.3 Å². The molecule has 1 aliphatic rings. The molecule has 1 saturated carbocycles. The highest BCUT2D eigenvalue weighted by molar-refractivity contribution is 6.35. The Labute approximate surface area is 175 Å². The average Bonchev–Trinajstić information content (AvgIpc) is 3.37. The van der Waals surface area contributed by atoms with Gasteiger partial charge in [-0.2, -0.15) is 0 Å². The molecule has 0 radical (unpaired) electrons. The summed E-state index contributed by atoms with van der Waals surface area (Å²) in [5, 5.41) is 3.98. The van der Waals surface area contributed by atoms with Crippen LogP contribution < -0.4 is 10.1 Å². The summed E-state index contributed by atoms with van der Waals surface area (Å²) in [7, 11) is 0. The van der Waals surface area contributed by atoms with Crippen molar-refractivity contribution in [1.29, 1.82) is 0 Å². The zero-order chi connectivity index (χ0) is 20.4. The van der Waals surface area contributed by atoms with E-state index in [0.29, 0.717) is 28.9 Å². The number of rotatable bonds is 6. The molecule has 0 saturated heterocycles. The molecule has 0 unspecified atom stereocenters. The number of hydrogen-bond donors (Lipinski definition) is 1. The van der Waals surface area contributed by atoms with Gasteiger partial charge in [0, 0.05) is 33.8 Å². The van der Waals surface area contributed by atoms with Gasteiger partial charge in [-0.1, -0.05) is 23.2 Å². The molecule has 1 aromatic heterocycles. The third-order valence-corrected chi connectivity index (χ3v) is 4.85. The summed E-state index contributed by atoms with van der Waals surface area (Å²) >= 11 is 12.2. The fraction of sp³-hybridized carbons (Fsp3) is 0.429. The van der Waals surface area contributed by atoms with Gasteiger partial charge in [-0.25, -0.2) is 4.79 Å². The molecule has 1 N–H and O–H groups in total. The number of carbonyl (C=O) groups is 1. The molecule has 150 valence electrons. The first-order valence-corrected chi connectivity index (χ1v) is 9.91. The zero-order valence-corrected chi connectivity index (χ0v) is 17.7. The molecule has 3 rings (SSSR count). The predicted octanol–water partition coefficient (Wildman–Crippen LogP) is 5.74. The minimum Gasteiger partial charge on any atom is -0.491 e. The van der Waals surface area contributed by atoms with Crippen LogP contribution in [0.5, 0.6) is 5.75 Å². The fourth-order valence-electron chi connectivity index (χ4n) is 2.74. The van der Waals surface area contributed by atoms with E-state index in [1.54, 1.807) is 18.5 Å². The minimum atomic E-state index is -0.507. The smallest absolute Gasteiger partial charge is 0.407 e. The summed E-state index contributed by atoms with van der Waals surface area (Å²) in [4.78, 5) is 16.1. The Morgan fingerprint density at radius 2 is 1.79 bits per heavy atom. The molecular weight excluding hydrogens is 399 g/mol. The number of alkyl carbamates (subject to hydrolysis) is 1. The van der Waals surface area contributed by atoms with E-state index in [0.717, 1.165) is 24.0 Å². The lowest BCUT2D eigenvalue weighted by Crippen LogP contribution is -2.37. The van der Waals surface area contributed by atoms with Gasteiger partial charge in [0.25, 0.3) is 0 Å². The van der Waals surface area contributed by atoms with Gasteiger partial charge in [0.05, 0.1) is 12.8 Å². The van der Waals surface area contributed by atoms with Gasteiger partial charge < -0.3 is 14.8 Å². The number of hydrogen-bond acceptors (Lipinski definition) is 4. The maximum Gasteiger partial charge on any atom is 0.407 e. The molecule has 0 bridgehead atoms. The number of benzene rings is 1. The van der Waals surface area contributed by atoms with E-state index in [1.165, 1.54) is 0 Å². The van der Waals surface area contributed by atoms with Crippen molar-refractivity contribution >= 4 is 29.3 Å². The monoisotopic (exact) mass is 422 g/mol. The molecule has 28 heavy (non-hydrogen) atoms. The van der Waals surface area contributed by atoms with E-state index in [1.807, 2.05) is 39.0 Å². The summed E-state index contributed by atoms with van der Waals surface area (Å²) in [6.45, 7) is 6.56. The SMILES string of the molecule is CC(C)(C)OC(=O)NCC1(COc2cncc(-c3cc(Cl)cc(Cl)c3)c2)CC1. The molecule has 2 aromatic rings. The maximum atomic E-state index is 11.9. The van der Waals surface area contributed by atoms with Crippen molar-refractivity contribution in [3.8, 4) is 16.9 Å². The highest BCUT2D eigenvalue weighted by atomic mass is 35.5.